The fourth-order valence-electron chi connectivity index (χ4n) is 3.09. The van der Waals surface area contributed by atoms with E-state index in [1.165, 1.54) is 0 Å². The first-order valence-corrected chi connectivity index (χ1v) is 6.98. The lowest BCUT2D eigenvalue weighted by atomic mass is 9.86. The summed E-state index contributed by atoms with van der Waals surface area (Å²) in [4.78, 5) is 0. The molecular weight excluding hydrogens is 268 g/mol. The Morgan fingerprint density at radius 2 is 1.76 bits per heavy atom. The number of ether oxygens (including phenoxy) is 1. The van der Waals surface area contributed by atoms with Gasteiger partial charge in [-0.3, -0.25) is 0 Å². The highest BCUT2D eigenvalue weighted by Crippen LogP contribution is 2.46. The van der Waals surface area contributed by atoms with Crippen molar-refractivity contribution < 1.29 is 19.4 Å². The number of para-hydroxylation sites is 1. The second kappa shape index (κ2) is 4.00. The van der Waals surface area contributed by atoms with Gasteiger partial charge in [-0.2, -0.15) is 0 Å². The Balaban J connectivity index is 2.11. The summed E-state index contributed by atoms with van der Waals surface area (Å²) in [5.41, 5.74) is 1.21. The minimum atomic E-state index is -1.01. The van der Waals surface area contributed by atoms with Gasteiger partial charge in [0, 0.05) is 16.3 Å². The summed E-state index contributed by atoms with van der Waals surface area (Å²) < 4.78 is 11.7. The Morgan fingerprint density at radius 3 is 2.57 bits per heavy atom. The molecule has 2 atom stereocenters. The molecule has 21 heavy (non-hydrogen) atoms. The maximum atomic E-state index is 10.6. The molecule has 4 rings (SSSR count). The first-order chi connectivity index (χ1) is 9.99. The molecule has 0 radical (unpaired) electrons. The lowest BCUT2D eigenvalue weighted by Crippen LogP contribution is -2.48. The molecule has 0 aliphatic carbocycles. The number of benzene rings is 2. The second-order valence-electron chi connectivity index (χ2n) is 6.04. The van der Waals surface area contributed by atoms with Gasteiger partial charge in [-0.15, -0.1) is 0 Å². The van der Waals surface area contributed by atoms with E-state index in [1.54, 1.807) is 19.9 Å². The fraction of sp³-hybridized carbons (Fsp3) is 0.294. The summed E-state index contributed by atoms with van der Waals surface area (Å²) >= 11 is 0. The van der Waals surface area contributed by atoms with Gasteiger partial charge in [-0.25, -0.2) is 0 Å². The van der Waals surface area contributed by atoms with Gasteiger partial charge >= 0.3 is 0 Å². The van der Waals surface area contributed by atoms with Crippen molar-refractivity contribution in [3.8, 4) is 5.75 Å². The molecule has 0 spiro atoms. The summed E-state index contributed by atoms with van der Waals surface area (Å²) in [6, 6.07) is 11.3. The lowest BCUT2D eigenvalue weighted by Gasteiger charge is -2.40. The Bertz CT molecular complexity index is 846. The summed E-state index contributed by atoms with van der Waals surface area (Å²) in [6.07, 6.45) is -2.00. The molecule has 2 N–H and O–H groups in total. The second-order valence-corrected chi connectivity index (χ2v) is 6.04. The molecule has 0 fully saturated rings. The summed E-state index contributed by atoms with van der Waals surface area (Å²) in [5.74, 6) is 0.594. The van der Waals surface area contributed by atoms with Crippen LogP contribution in [0.25, 0.3) is 21.9 Å². The zero-order chi connectivity index (χ0) is 14.8. The molecule has 0 amide bonds. The van der Waals surface area contributed by atoms with Gasteiger partial charge < -0.3 is 19.4 Å². The van der Waals surface area contributed by atoms with E-state index in [2.05, 4.69) is 0 Å². The van der Waals surface area contributed by atoms with Crippen LogP contribution in [0.2, 0.25) is 0 Å². The average molecular weight is 284 g/mol. The third kappa shape index (κ3) is 1.63. The topological polar surface area (TPSA) is 62.8 Å². The Labute approximate surface area is 121 Å². The molecule has 1 aliphatic rings. The highest BCUT2D eigenvalue weighted by atomic mass is 16.5. The van der Waals surface area contributed by atoms with E-state index in [-0.39, 0.29) is 0 Å². The van der Waals surface area contributed by atoms with Crippen LogP contribution in [0.3, 0.4) is 0 Å². The standard InChI is InChI=1S/C17H16O4/c1-17(2)16(19)15(18)14-12(21-17)8-7-11-13(14)9-5-3-4-6-10(9)20-11/h3-8,15-16,18-19H,1-2H3/t15-,16-/m1/s1. The van der Waals surface area contributed by atoms with Gasteiger partial charge in [0.25, 0.3) is 0 Å². The molecule has 0 saturated heterocycles. The van der Waals surface area contributed by atoms with Crippen molar-refractivity contribution in [2.75, 3.05) is 0 Å². The third-order valence-electron chi connectivity index (χ3n) is 4.22. The van der Waals surface area contributed by atoms with Crippen LogP contribution in [0.4, 0.5) is 0 Å². The van der Waals surface area contributed by atoms with Crippen molar-refractivity contribution >= 4 is 21.9 Å². The van der Waals surface area contributed by atoms with Gasteiger partial charge in [0.2, 0.25) is 0 Å². The van der Waals surface area contributed by atoms with Crippen molar-refractivity contribution in [3.05, 3.63) is 42.0 Å². The van der Waals surface area contributed by atoms with E-state index in [9.17, 15) is 10.2 Å². The van der Waals surface area contributed by atoms with Crippen LogP contribution in [-0.4, -0.2) is 21.9 Å². The zero-order valence-electron chi connectivity index (χ0n) is 11.8. The predicted octanol–water partition coefficient (Wildman–Crippen LogP) is 3.15. The Kier molecular flexibility index (Phi) is 2.41. The summed E-state index contributed by atoms with van der Waals surface area (Å²) in [5, 5.41) is 22.6. The van der Waals surface area contributed by atoms with E-state index >= 15 is 0 Å². The predicted molar refractivity (Wildman–Crippen MR) is 79.4 cm³/mol. The lowest BCUT2D eigenvalue weighted by molar-refractivity contribution is -0.111. The van der Waals surface area contributed by atoms with Gasteiger partial charge in [0.1, 0.15) is 34.7 Å². The number of fused-ring (bicyclic) bond motifs is 5. The summed E-state index contributed by atoms with van der Waals surface area (Å²) in [7, 11) is 0. The van der Waals surface area contributed by atoms with Crippen LogP contribution in [-0.2, 0) is 0 Å². The molecule has 4 heteroatoms. The number of aliphatic hydroxyl groups excluding tert-OH is 2. The molecule has 4 nitrogen and oxygen atoms in total. The van der Waals surface area contributed by atoms with E-state index in [1.807, 2.05) is 30.3 Å². The minimum Gasteiger partial charge on any atom is -0.485 e. The van der Waals surface area contributed by atoms with E-state index in [0.717, 1.165) is 16.4 Å². The maximum absolute atomic E-state index is 10.6. The van der Waals surface area contributed by atoms with Gasteiger partial charge in [0.05, 0.1) is 0 Å². The van der Waals surface area contributed by atoms with Crippen molar-refractivity contribution in [1.29, 1.82) is 0 Å². The quantitative estimate of drug-likeness (QED) is 0.665. The number of hydrogen-bond donors (Lipinski definition) is 2. The molecule has 3 aromatic rings. The van der Waals surface area contributed by atoms with Crippen molar-refractivity contribution in [2.45, 2.75) is 31.7 Å². The van der Waals surface area contributed by atoms with Crippen LogP contribution < -0.4 is 4.74 Å². The van der Waals surface area contributed by atoms with Gasteiger partial charge in [-0.05, 0) is 32.0 Å². The maximum Gasteiger partial charge on any atom is 0.136 e. The monoisotopic (exact) mass is 284 g/mol. The normalized spacial score (nSPS) is 24.0. The molecule has 2 aromatic carbocycles. The van der Waals surface area contributed by atoms with Crippen LogP contribution in [0.15, 0.2) is 40.8 Å². The van der Waals surface area contributed by atoms with E-state index < -0.39 is 17.8 Å². The SMILES string of the molecule is CC1(C)Oc2ccc3oc4ccccc4c3c2[C@@H](O)[C@H]1O. The molecule has 2 heterocycles. The Morgan fingerprint density at radius 1 is 1.00 bits per heavy atom. The molecular formula is C17H16O4. The first kappa shape index (κ1) is 12.7. The number of hydrogen-bond acceptors (Lipinski definition) is 4. The van der Waals surface area contributed by atoms with Crippen molar-refractivity contribution in [2.24, 2.45) is 0 Å². The highest BCUT2D eigenvalue weighted by Gasteiger charge is 2.43. The Hall–Kier alpha value is -2.04. The molecule has 0 unspecified atom stereocenters. The van der Waals surface area contributed by atoms with Gasteiger partial charge in [-0.1, -0.05) is 18.2 Å². The zero-order valence-corrected chi connectivity index (χ0v) is 11.8. The molecule has 1 aliphatic heterocycles. The summed E-state index contributed by atoms with van der Waals surface area (Å²) in [6.45, 7) is 3.53. The molecule has 1 aromatic heterocycles. The average Bonchev–Trinajstić information content (AvgIpc) is 2.83. The molecule has 0 saturated carbocycles. The van der Waals surface area contributed by atoms with Crippen LogP contribution >= 0.6 is 0 Å². The van der Waals surface area contributed by atoms with Crippen molar-refractivity contribution in [1.82, 2.24) is 0 Å². The minimum absolute atomic E-state index is 0.594. The fourth-order valence-corrected chi connectivity index (χ4v) is 3.09. The smallest absolute Gasteiger partial charge is 0.136 e. The first-order valence-electron chi connectivity index (χ1n) is 6.98. The van der Waals surface area contributed by atoms with E-state index in [0.29, 0.717) is 16.9 Å². The largest absolute Gasteiger partial charge is 0.485 e. The van der Waals surface area contributed by atoms with Gasteiger partial charge in [0.15, 0.2) is 0 Å². The van der Waals surface area contributed by atoms with E-state index in [4.69, 9.17) is 9.15 Å². The molecule has 108 valence electrons. The highest BCUT2D eigenvalue weighted by molar-refractivity contribution is 6.07. The van der Waals surface area contributed by atoms with Crippen LogP contribution in [0.1, 0.15) is 25.5 Å². The van der Waals surface area contributed by atoms with Crippen LogP contribution in [0.5, 0.6) is 5.75 Å². The molecule has 0 bridgehead atoms. The third-order valence-corrected chi connectivity index (χ3v) is 4.22. The van der Waals surface area contributed by atoms with Crippen LogP contribution in [0, 0.1) is 0 Å². The number of furan rings is 1. The van der Waals surface area contributed by atoms with Crippen molar-refractivity contribution in [3.63, 3.8) is 0 Å². The number of aliphatic hydroxyl groups is 2. The number of rotatable bonds is 0.